The lowest BCUT2D eigenvalue weighted by Crippen LogP contribution is -2.51. The summed E-state index contributed by atoms with van der Waals surface area (Å²) in [6.45, 7) is 6.75. The van der Waals surface area contributed by atoms with Crippen molar-refractivity contribution in [3.05, 3.63) is 35.9 Å². The van der Waals surface area contributed by atoms with Crippen LogP contribution in [0, 0.1) is 23.7 Å². The van der Waals surface area contributed by atoms with Crippen LogP contribution in [-0.4, -0.2) is 36.3 Å². The maximum Gasteiger partial charge on any atom is 0.242 e. The monoisotopic (exact) mass is 427 g/mol. The number of carbonyl (C=O) groups is 3. The number of nitrogens with one attached hydrogen (secondary N) is 3. The van der Waals surface area contributed by atoms with Crippen molar-refractivity contribution in [1.29, 1.82) is 0 Å². The second kappa shape index (κ2) is 10.8. The Morgan fingerprint density at radius 1 is 0.968 bits per heavy atom. The highest BCUT2D eigenvalue weighted by Gasteiger charge is 2.36. The van der Waals surface area contributed by atoms with Gasteiger partial charge >= 0.3 is 0 Å². The van der Waals surface area contributed by atoms with Crippen molar-refractivity contribution in [2.75, 3.05) is 6.54 Å². The predicted molar refractivity (Wildman–Crippen MR) is 121 cm³/mol. The molecule has 2 heterocycles. The second-order valence-electron chi connectivity index (χ2n) is 9.77. The molecule has 1 aromatic carbocycles. The van der Waals surface area contributed by atoms with Gasteiger partial charge in [0, 0.05) is 24.4 Å². The van der Waals surface area contributed by atoms with Crippen molar-refractivity contribution in [2.45, 2.75) is 71.4 Å². The third-order valence-corrected chi connectivity index (χ3v) is 6.60. The average molecular weight is 428 g/mol. The molecule has 0 aliphatic carbocycles. The fourth-order valence-electron chi connectivity index (χ4n) is 4.95. The Kier molecular flexibility index (Phi) is 8.10. The van der Waals surface area contributed by atoms with Crippen molar-refractivity contribution >= 4 is 17.7 Å². The molecule has 2 aliphatic heterocycles. The SMILES string of the molecule is CC(C)C[C@@H]1NC(=O)[C@@H](Cc2ccccc2)CCC[C@H]2CNC(=O)[C@@H]2C[C@@H](C)NC1=O. The topological polar surface area (TPSA) is 87.3 Å². The number of hydrogen-bond donors (Lipinski definition) is 3. The minimum Gasteiger partial charge on any atom is -0.356 e. The van der Waals surface area contributed by atoms with E-state index >= 15 is 0 Å². The molecular weight excluding hydrogens is 390 g/mol. The first-order valence-electron chi connectivity index (χ1n) is 11.8. The van der Waals surface area contributed by atoms with Crippen molar-refractivity contribution < 1.29 is 14.4 Å². The lowest BCUT2D eigenvalue weighted by Gasteiger charge is -2.25. The Morgan fingerprint density at radius 2 is 1.71 bits per heavy atom. The zero-order valence-corrected chi connectivity index (χ0v) is 19.0. The molecule has 2 saturated heterocycles. The lowest BCUT2D eigenvalue weighted by molar-refractivity contribution is -0.132. The molecule has 0 unspecified atom stereocenters. The van der Waals surface area contributed by atoms with E-state index in [2.05, 4.69) is 29.8 Å². The Bertz CT molecular complexity index is 765. The molecule has 0 spiro atoms. The third-order valence-electron chi connectivity index (χ3n) is 6.60. The molecule has 5 atom stereocenters. The molecule has 0 radical (unpaired) electrons. The van der Waals surface area contributed by atoms with Crippen LogP contribution in [0.3, 0.4) is 0 Å². The molecule has 6 heteroatoms. The van der Waals surface area contributed by atoms with Crippen LogP contribution in [-0.2, 0) is 20.8 Å². The molecule has 3 amide bonds. The van der Waals surface area contributed by atoms with Gasteiger partial charge in [-0.3, -0.25) is 14.4 Å². The zero-order chi connectivity index (χ0) is 22.4. The van der Waals surface area contributed by atoms with Gasteiger partial charge in [0.15, 0.2) is 0 Å². The summed E-state index contributed by atoms with van der Waals surface area (Å²) in [4.78, 5) is 38.7. The van der Waals surface area contributed by atoms with Crippen molar-refractivity contribution in [3.8, 4) is 0 Å². The van der Waals surface area contributed by atoms with Gasteiger partial charge in [-0.05, 0) is 56.4 Å². The van der Waals surface area contributed by atoms with Crippen LogP contribution >= 0.6 is 0 Å². The third kappa shape index (κ3) is 6.55. The molecule has 2 aliphatic rings. The first kappa shape index (κ1) is 23.3. The van der Waals surface area contributed by atoms with Crippen molar-refractivity contribution in [2.24, 2.45) is 23.7 Å². The molecule has 1 aromatic rings. The number of rotatable bonds is 4. The molecule has 31 heavy (non-hydrogen) atoms. The summed E-state index contributed by atoms with van der Waals surface area (Å²) in [6.07, 6.45) is 4.45. The van der Waals surface area contributed by atoms with E-state index in [9.17, 15) is 14.4 Å². The Labute approximate surface area is 185 Å². The van der Waals surface area contributed by atoms with Crippen LogP contribution in [0.15, 0.2) is 30.3 Å². The van der Waals surface area contributed by atoms with E-state index in [0.717, 1.165) is 24.8 Å². The van der Waals surface area contributed by atoms with Gasteiger partial charge < -0.3 is 16.0 Å². The molecule has 6 nitrogen and oxygen atoms in total. The number of amides is 3. The Morgan fingerprint density at radius 3 is 2.42 bits per heavy atom. The van der Waals surface area contributed by atoms with Crippen molar-refractivity contribution in [3.63, 3.8) is 0 Å². The van der Waals surface area contributed by atoms with Crippen molar-refractivity contribution in [1.82, 2.24) is 16.0 Å². The molecule has 2 fully saturated rings. The highest BCUT2D eigenvalue weighted by Crippen LogP contribution is 2.29. The zero-order valence-electron chi connectivity index (χ0n) is 19.0. The molecule has 3 N–H and O–H groups in total. The summed E-state index contributed by atoms with van der Waals surface area (Å²) < 4.78 is 0. The van der Waals surface area contributed by atoms with E-state index in [4.69, 9.17) is 0 Å². The summed E-state index contributed by atoms with van der Waals surface area (Å²) in [5, 5.41) is 9.11. The smallest absolute Gasteiger partial charge is 0.242 e. The van der Waals surface area contributed by atoms with Crippen LogP contribution in [0.5, 0.6) is 0 Å². The van der Waals surface area contributed by atoms with E-state index in [-0.39, 0.29) is 47.4 Å². The predicted octanol–water partition coefficient (Wildman–Crippen LogP) is 2.82. The van der Waals surface area contributed by atoms with Crippen LogP contribution in [0.1, 0.15) is 58.4 Å². The molecule has 0 saturated carbocycles. The summed E-state index contributed by atoms with van der Waals surface area (Å²) in [7, 11) is 0. The number of carbonyl (C=O) groups excluding carboxylic acids is 3. The van der Waals surface area contributed by atoms with Gasteiger partial charge in [-0.2, -0.15) is 0 Å². The minimum absolute atomic E-state index is 0.0475. The fourth-order valence-corrected chi connectivity index (χ4v) is 4.95. The summed E-state index contributed by atoms with van der Waals surface area (Å²) in [5.74, 6) is 0.173. The molecule has 0 bridgehead atoms. The first-order chi connectivity index (χ1) is 14.8. The molecule has 3 rings (SSSR count). The quantitative estimate of drug-likeness (QED) is 0.691. The maximum atomic E-state index is 13.3. The van der Waals surface area contributed by atoms with E-state index in [1.165, 1.54) is 0 Å². The lowest BCUT2D eigenvalue weighted by atomic mass is 9.84. The van der Waals surface area contributed by atoms with Crippen LogP contribution in [0.2, 0.25) is 0 Å². The highest BCUT2D eigenvalue weighted by molar-refractivity contribution is 5.89. The molecule has 170 valence electrons. The molecule has 0 aromatic heterocycles. The van der Waals surface area contributed by atoms with E-state index in [0.29, 0.717) is 25.8 Å². The minimum atomic E-state index is -0.554. The van der Waals surface area contributed by atoms with Gasteiger partial charge in [0.2, 0.25) is 17.7 Å². The highest BCUT2D eigenvalue weighted by atomic mass is 16.2. The summed E-state index contributed by atoms with van der Waals surface area (Å²) in [6, 6.07) is 9.38. The van der Waals surface area contributed by atoms with Crippen LogP contribution in [0.25, 0.3) is 0 Å². The van der Waals surface area contributed by atoms with Crippen LogP contribution in [0.4, 0.5) is 0 Å². The first-order valence-corrected chi connectivity index (χ1v) is 11.8. The standard InChI is InChI=1S/C25H37N3O3/c1-16(2)12-22-25(31)27-17(3)13-21-20(15-26-24(21)30)11-7-10-19(23(29)28-22)14-18-8-5-4-6-9-18/h4-6,8-9,16-17,19-22H,7,10-15H2,1-3H3,(H,26,30)(H,27,31)(H,28,29)/t17-,19-,20+,21-,22+/m1/s1. The van der Waals surface area contributed by atoms with E-state index in [1.54, 1.807) is 0 Å². The van der Waals surface area contributed by atoms with E-state index in [1.807, 2.05) is 37.3 Å². The van der Waals surface area contributed by atoms with Gasteiger partial charge in [-0.15, -0.1) is 0 Å². The molecular formula is C25H37N3O3. The largest absolute Gasteiger partial charge is 0.356 e. The number of hydrogen-bond acceptors (Lipinski definition) is 3. The number of benzene rings is 1. The second-order valence-corrected chi connectivity index (χ2v) is 9.77. The summed E-state index contributed by atoms with van der Waals surface area (Å²) >= 11 is 0. The van der Waals surface area contributed by atoms with Crippen LogP contribution < -0.4 is 16.0 Å². The van der Waals surface area contributed by atoms with Gasteiger partial charge in [0.25, 0.3) is 0 Å². The van der Waals surface area contributed by atoms with Gasteiger partial charge in [0.05, 0.1) is 0 Å². The van der Waals surface area contributed by atoms with Gasteiger partial charge in [0.1, 0.15) is 6.04 Å². The van der Waals surface area contributed by atoms with Gasteiger partial charge in [-0.25, -0.2) is 0 Å². The average Bonchev–Trinajstić information content (AvgIpc) is 3.06. The Balaban J connectivity index is 1.82. The Hall–Kier alpha value is -2.37. The van der Waals surface area contributed by atoms with Gasteiger partial charge in [-0.1, -0.05) is 50.6 Å². The fraction of sp³-hybridized carbons (Fsp3) is 0.640. The normalized spacial score (nSPS) is 30.3. The summed E-state index contributed by atoms with van der Waals surface area (Å²) in [5.41, 5.74) is 1.13. The van der Waals surface area contributed by atoms with E-state index < -0.39 is 6.04 Å². The maximum absolute atomic E-state index is 13.3. The number of fused-ring (bicyclic) bond motifs is 1.